The number of anilines is 1. The monoisotopic (exact) mass is 279 g/mol. The highest BCUT2D eigenvalue weighted by Crippen LogP contribution is 2.22. The predicted molar refractivity (Wildman–Crippen MR) is 73.2 cm³/mol. The maximum Gasteiger partial charge on any atom is 0.339 e. The molecule has 0 unspecified atom stereocenters. The van der Waals surface area contributed by atoms with Crippen molar-refractivity contribution in [2.45, 2.75) is 0 Å². The number of benzene rings is 1. The van der Waals surface area contributed by atoms with E-state index in [-0.39, 0.29) is 17.3 Å². The molecule has 2 rings (SSSR count). The second-order valence-corrected chi connectivity index (χ2v) is 4.76. The molecule has 0 radical (unpaired) electrons. The molecule has 1 aliphatic heterocycles. The van der Waals surface area contributed by atoms with Gasteiger partial charge in [-0.3, -0.25) is 0 Å². The van der Waals surface area contributed by atoms with E-state index in [1.165, 1.54) is 18.2 Å². The van der Waals surface area contributed by atoms with Crippen LogP contribution in [0.15, 0.2) is 18.2 Å². The largest absolute Gasteiger partial charge is 0.507 e. The van der Waals surface area contributed by atoms with Crippen molar-refractivity contribution in [1.82, 2.24) is 9.80 Å². The Morgan fingerprint density at radius 2 is 1.85 bits per heavy atom. The summed E-state index contributed by atoms with van der Waals surface area (Å²) in [5.41, 5.74) is 0.180. The third-order valence-corrected chi connectivity index (χ3v) is 3.27. The van der Waals surface area contributed by atoms with Crippen molar-refractivity contribution in [2.24, 2.45) is 0 Å². The van der Waals surface area contributed by atoms with Gasteiger partial charge in [0.05, 0.1) is 0 Å². The third-order valence-electron chi connectivity index (χ3n) is 3.27. The summed E-state index contributed by atoms with van der Waals surface area (Å²) in [7, 11) is 2.00. The van der Waals surface area contributed by atoms with Crippen LogP contribution in [-0.4, -0.2) is 65.2 Å². The van der Waals surface area contributed by atoms with Crippen LogP contribution in [0.3, 0.4) is 0 Å². The fraction of sp³-hybridized carbons (Fsp3) is 0.385. The van der Waals surface area contributed by atoms with Gasteiger partial charge < -0.3 is 25.3 Å². The number of phenols is 1. The number of aromatic hydroxyl groups is 1. The molecule has 7 nitrogen and oxygen atoms in total. The Morgan fingerprint density at radius 1 is 1.20 bits per heavy atom. The van der Waals surface area contributed by atoms with Gasteiger partial charge in [0.2, 0.25) is 0 Å². The number of piperazine rings is 1. The Hall–Kier alpha value is -2.28. The first-order valence-electron chi connectivity index (χ1n) is 6.28. The van der Waals surface area contributed by atoms with Gasteiger partial charge in [0.1, 0.15) is 11.3 Å². The molecule has 0 spiro atoms. The fourth-order valence-corrected chi connectivity index (χ4v) is 2.00. The van der Waals surface area contributed by atoms with E-state index in [0.29, 0.717) is 18.8 Å². The highest BCUT2D eigenvalue weighted by molar-refractivity contribution is 5.94. The number of hydrogen-bond acceptors (Lipinski definition) is 4. The number of nitrogens with zero attached hydrogens (tertiary/aromatic N) is 2. The van der Waals surface area contributed by atoms with E-state index in [9.17, 15) is 14.7 Å². The highest BCUT2D eigenvalue weighted by atomic mass is 16.4. The van der Waals surface area contributed by atoms with Crippen molar-refractivity contribution in [3.8, 4) is 5.75 Å². The van der Waals surface area contributed by atoms with Gasteiger partial charge in [0.25, 0.3) is 0 Å². The van der Waals surface area contributed by atoms with E-state index >= 15 is 0 Å². The number of rotatable bonds is 2. The maximum absolute atomic E-state index is 12.0. The zero-order chi connectivity index (χ0) is 14.7. The molecule has 0 aliphatic carbocycles. The van der Waals surface area contributed by atoms with E-state index in [2.05, 4.69) is 10.2 Å². The van der Waals surface area contributed by atoms with Crippen molar-refractivity contribution < 1.29 is 19.8 Å². The van der Waals surface area contributed by atoms with Gasteiger partial charge in [-0.25, -0.2) is 9.59 Å². The first kappa shape index (κ1) is 14.1. The van der Waals surface area contributed by atoms with E-state index in [1.807, 2.05) is 7.05 Å². The summed E-state index contributed by atoms with van der Waals surface area (Å²) >= 11 is 0. The molecular formula is C13H17N3O4. The Bertz CT molecular complexity index is 524. The first-order valence-corrected chi connectivity index (χ1v) is 6.28. The molecule has 108 valence electrons. The molecular weight excluding hydrogens is 262 g/mol. The number of amides is 2. The van der Waals surface area contributed by atoms with Gasteiger partial charge in [-0.1, -0.05) is 0 Å². The van der Waals surface area contributed by atoms with E-state index in [4.69, 9.17) is 5.11 Å². The maximum atomic E-state index is 12.0. The van der Waals surface area contributed by atoms with Crippen LogP contribution < -0.4 is 5.32 Å². The minimum Gasteiger partial charge on any atom is -0.507 e. The molecule has 0 atom stereocenters. The van der Waals surface area contributed by atoms with Crippen LogP contribution in [0.5, 0.6) is 5.75 Å². The standard InChI is InChI=1S/C13H17N3O4/c1-15-4-6-16(7-5-15)13(20)14-9-2-3-10(12(18)19)11(17)8-9/h2-3,8,17H,4-7H2,1H3,(H,14,20)(H,18,19). The summed E-state index contributed by atoms with van der Waals surface area (Å²) in [5.74, 6) is -1.58. The number of carbonyl (C=O) groups excluding carboxylic acids is 1. The average molecular weight is 279 g/mol. The zero-order valence-electron chi connectivity index (χ0n) is 11.2. The Labute approximate surface area is 116 Å². The lowest BCUT2D eigenvalue weighted by Gasteiger charge is -2.32. The summed E-state index contributed by atoms with van der Waals surface area (Å²) in [4.78, 5) is 26.6. The molecule has 2 amide bonds. The number of aromatic carboxylic acids is 1. The number of carboxylic acid groups (broad SMARTS) is 1. The molecule has 1 saturated heterocycles. The van der Waals surface area contributed by atoms with Crippen molar-refractivity contribution in [2.75, 3.05) is 38.5 Å². The highest BCUT2D eigenvalue weighted by Gasteiger charge is 2.19. The summed E-state index contributed by atoms with van der Waals surface area (Å²) in [5, 5.41) is 21.0. The van der Waals surface area contributed by atoms with Gasteiger partial charge in [-0.15, -0.1) is 0 Å². The van der Waals surface area contributed by atoms with Crippen molar-refractivity contribution in [3.63, 3.8) is 0 Å². The number of likely N-dealkylation sites (N-methyl/N-ethyl adjacent to an activating group) is 1. The number of nitrogens with one attached hydrogen (secondary N) is 1. The molecule has 7 heteroatoms. The lowest BCUT2D eigenvalue weighted by Crippen LogP contribution is -2.48. The minimum atomic E-state index is -1.21. The molecule has 1 fully saturated rings. The second kappa shape index (κ2) is 5.79. The van der Waals surface area contributed by atoms with Gasteiger partial charge in [0, 0.05) is 37.9 Å². The van der Waals surface area contributed by atoms with Gasteiger partial charge in [-0.05, 0) is 19.2 Å². The van der Waals surface area contributed by atoms with Crippen LogP contribution in [0.25, 0.3) is 0 Å². The Kier molecular flexibility index (Phi) is 4.09. The first-order chi connectivity index (χ1) is 9.47. The molecule has 0 saturated carbocycles. The summed E-state index contributed by atoms with van der Waals surface area (Å²) in [6.45, 7) is 2.91. The summed E-state index contributed by atoms with van der Waals surface area (Å²) in [6.07, 6.45) is 0. The van der Waals surface area contributed by atoms with Crippen LogP contribution in [0.2, 0.25) is 0 Å². The average Bonchev–Trinajstić information content (AvgIpc) is 2.39. The van der Waals surface area contributed by atoms with Crippen molar-refractivity contribution >= 4 is 17.7 Å². The zero-order valence-corrected chi connectivity index (χ0v) is 11.2. The quantitative estimate of drug-likeness (QED) is 0.747. The molecule has 0 aromatic heterocycles. The normalized spacial score (nSPS) is 15.9. The van der Waals surface area contributed by atoms with Crippen molar-refractivity contribution in [1.29, 1.82) is 0 Å². The minimum absolute atomic E-state index is 0.192. The molecule has 20 heavy (non-hydrogen) atoms. The summed E-state index contributed by atoms with van der Waals surface area (Å²) < 4.78 is 0. The Morgan fingerprint density at radius 3 is 2.40 bits per heavy atom. The number of carbonyl (C=O) groups is 2. The van der Waals surface area contributed by atoms with Gasteiger partial charge in [0.15, 0.2) is 0 Å². The fourth-order valence-electron chi connectivity index (χ4n) is 2.00. The smallest absolute Gasteiger partial charge is 0.339 e. The molecule has 0 bridgehead atoms. The molecule has 1 aliphatic rings. The third kappa shape index (κ3) is 3.18. The molecule has 1 aromatic rings. The molecule has 1 aromatic carbocycles. The van der Waals surface area contributed by atoms with Crippen LogP contribution in [0.1, 0.15) is 10.4 Å². The van der Waals surface area contributed by atoms with Crippen LogP contribution in [0.4, 0.5) is 10.5 Å². The van der Waals surface area contributed by atoms with E-state index in [1.54, 1.807) is 4.90 Å². The van der Waals surface area contributed by atoms with Crippen LogP contribution in [0, 0.1) is 0 Å². The Balaban J connectivity index is 2.01. The van der Waals surface area contributed by atoms with Crippen molar-refractivity contribution in [3.05, 3.63) is 23.8 Å². The number of urea groups is 1. The van der Waals surface area contributed by atoms with Gasteiger partial charge in [-0.2, -0.15) is 0 Å². The lowest BCUT2D eigenvalue weighted by molar-refractivity contribution is 0.0694. The van der Waals surface area contributed by atoms with Crippen LogP contribution in [-0.2, 0) is 0 Å². The molecule has 3 N–H and O–H groups in total. The predicted octanol–water partition coefficient (Wildman–Crippen LogP) is 0.870. The van der Waals surface area contributed by atoms with E-state index in [0.717, 1.165) is 13.1 Å². The van der Waals surface area contributed by atoms with Crippen LogP contribution >= 0.6 is 0 Å². The second-order valence-electron chi connectivity index (χ2n) is 4.76. The topological polar surface area (TPSA) is 93.1 Å². The summed E-state index contributed by atoms with van der Waals surface area (Å²) in [6, 6.07) is 3.70. The number of carboxylic acids is 1. The van der Waals surface area contributed by atoms with Gasteiger partial charge >= 0.3 is 12.0 Å². The molecule has 1 heterocycles. The number of hydrogen-bond donors (Lipinski definition) is 3. The van der Waals surface area contributed by atoms with E-state index < -0.39 is 5.97 Å². The lowest BCUT2D eigenvalue weighted by atomic mass is 10.2. The SMILES string of the molecule is CN1CCN(C(=O)Nc2ccc(C(=O)O)c(O)c2)CC1.